The number of alkyl halides is 3. The monoisotopic (exact) mass is 438 g/mol. The SMILES string of the molecule is COc1ncccc1-c1cc(C(=O)[O-])ccc1Oc1ccc(OC(F)(F)F)c(Cl)c1. The van der Waals surface area contributed by atoms with E-state index < -0.39 is 18.1 Å². The maximum absolute atomic E-state index is 12.4. The summed E-state index contributed by atoms with van der Waals surface area (Å²) in [6.45, 7) is 0. The second kappa shape index (κ2) is 8.50. The second-order valence-electron chi connectivity index (χ2n) is 5.80. The van der Waals surface area contributed by atoms with Crippen molar-refractivity contribution < 1.29 is 37.3 Å². The van der Waals surface area contributed by atoms with Crippen molar-refractivity contribution >= 4 is 17.6 Å². The lowest BCUT2D eigenvalue weighted by atomic mass is 10.0. The van der Waals surface area contributed by atoms with Gasteiger partial charge in [0.1, 0.15) is 17.2 Å². The number of benzene rings is 2. The smallest absolute Gasteiger partial charge is 0.545 e. The molecule has 3 rings (SSSR count). The number of hydrogen-bond acceptors (Lipinski definition) is 6. The molecule has 10 heteroatoms. The van der Waals surface area contributed by atoms with Gasteiger partial charge in [-0.05, 0) is 48.0 Å². The molecule has 0 N–H and O–H groups in total. The zero-order valence-electron chi connectivity index (χ0n) is 15.2. The van der Waals surface area contributed by atoms with Crippen LogP contribution in [0.3, 0.4) is 0 Å². The Morgan fingerprint density at radius 2 is 1.80 bits per heavy atom. The molecule has 3 aromatic rings. The minimum absolute atomic E-state index is 0.0971. The Bertz CT molecular complexity index is 1090. The van der Waals surface area contributed by atoms with Gasteiger partial charge in [-0.25, -0.2) is 4.98 Å². The summed E-state index contributed by atoms with van der Waals surface area (Å²) in [7, 11) is 1.40. The predicted molar refractivity (Wildman–Crippen MR) is 98.8 cm³/mol. The molecule has 2 aromatic carbocycles. The molecule has 0 aliphatic heterocycles. The Kier molecular flexibility index (Phi) is 6.02. The molecule has 0 amide bonds. The summed E-state index contributed by atoms with van der Waals surface area (Å²) in [6, 6.07) is 10.6. The van der Waals surface area contributed by atoms with Crippen molar-refractivity contribution in [2.24, 2.45) is 0 Å². The summed E-state index contributed by atoms with van der Waals surface area (Å²) in [5.74, 6) is -1.49. The molecular weight excluding hydrogens is 427 g/mol. The van der Waals surface area contributed by atoms with Gasteiger partial charge >= 0.3 is 6.36 Å². The van der Waals surface area contributed by atoms with E-state index in [-0.39, 0.29) is 28.0 Å². The molecule has 0 saturated carbocycles. The van der Waals surface area contributed by atoms with Gasteiger partial charge in [-0.2, -0.15) is 0 Å². The van der Waals surface area contributed by atoms with Crippen molar-refractivity contribution in [2.45, 2.75) is 6.36 Å². The normalized spacial score (nSPS) is 11.1. The predicted octanol–water partition coefficient (Wildman–Crippen LogP) is 4.47. The molecule has 0 atom stereocenters. The lowest BCUT2D eigenvalue weighted by Crippen LogP contribution is -2.22. The fourth-order valence-corrected chi connectivity index (χ4v) is 2.80. The molecule has 0 radical (unpaired) electrons. The topological polar surface area (TPSA) is 80.7 Å². The average molecular weight is 439 g/mol. The third-order valence-corrected chi connectivity index (χ3v) is 4.12. The summed E-state index contributed by atoms with van der Waals surface area (Å²) >= 11 is 5.85. The van der Waals surface area contributed by atoms with Gasteiger partial charge in [0, 0.05) is 23.4 Å². The van der Waals surface area contributed by atoms with Gasteiger partial charge in [0.25, 0.3) is 0 Å². The molecule has 1 aromatic heterocycles. The minimum Gasteiger partial charge on any atom is -0.545 e. The molecule has 0 spiro atoms. The van der Waals surface area contributed by atoms with E-state index in [4.69, 9.17) is 21.1 Å². The molecule has 0 aliphatic rings. The summed E-state index contributed by atoms with van der Waals surface area (Å²) in [4.78, 5) is 15.4. The van der Waals surface area contributed by atoms with Crippen LogP contribution in [-0.2, 0) is 0 Å². The van der Waals surface area contributed by atoms with E-state index in [2.05, 4.69) is 9.72 Å². The first kappa shape index (κ1) is 21.3. The largest absolute Gasteiger partial charge is 0.573 e. The lowest BCUT2D eigenvalue weighted by molar-refractivity contribution is -0.274. The maximum Gasteiger partial charge on any atom is 0.573 e. The number of carbonyl (C=O) groups excluding carboxylic acids is 1. The van der Waals surface area contributed by atoms with Gasteiger partial charge < -0.3 is 24.1 Å². The van der Waals surface area contributed by atoms with Crippen LogP contribution in [0.2, 0.25) is 5.02 Å². The first-order chi connectivity index (χ1) is 14.2. The molecule has 30 heavy (non-hydrogen) atoms. The summed E-state index contributed by atoms with van der Waals surface area (Å²) < 4.78 is 52.0. The molecule has 6 nitrogen and oxygen atoms in total. The van der Waals surface area contributed by atoms with Gasteiger partial charge in [-0.1, -0.05) is 11.6 Å². The van der Waals surface area contributed by atoms with Crippen molar-refractivity contribution in [3.05, 3.63) is 65.3 Å². The van der Waals surface area contributed by atoms with Crippen LogP contribution in [0.4, 0.5) is 13.2 Å². The number of ether oxygens (including phenoxy) is 3. The second-order valence-corrected chi connectivity index (χ2v) is 6.21. The van der Waals surface area contributed by atoms with E-state index in [1.165, 1.54) is 37.6 Å². The number of aromatic nitrogens is 1. The van der Waals surface area contributed by atoms with Gasteiger partial charge in [0.2, 0.25) is 5.88 Å². The summed E-state index contributed by atoms with van der Waals surface area (Å²) in [5.41, 5.74) is 0.629. The summed E-state index contributed by atoms with van der Waals surface area (Å²) in [5, 5.41) is 11.0. The lowest BCUT2D eigenvalue weighted by Gasteiger charge is -2.16. The Hall–Kier alpha value is -3.46. The van der Waals surface area contributed by atoms with E-state index in [1.54, 1.807) is 12.1 Å². The van der Waals surface area contributed by atoms with E-state index >= 15 is 0 Å². The van der Waals surface area contributed by atoms with Gasteiger partial charge in [0.15, 0.2) is 0 Å². The fourth-order valence-electron chi connectivity index (χ4n) is 2.59. The van der Waals surface area contributed by atoms with Crippen LogP contribution in [-0.4, -0.2) is 24.4 Å². The van der Waals surface area contributed by atoms with E-state index in [0.717, 1.165) is 12.1 Å². The fraction of sp³-hybridized carbons (Fsp3) is 0.100. The first-order valence-corrected chi connectivity index (χ1v) is 8.63. The number of methoxy groups -OCH3 is 1. The van der Waals surface area contributed by atoms with Crippen molar-refractivity contribution in [3.63, 3.8) is 0 Å². The number of aromatic carboxylic acids is 1. The number of carbonyl (C=O) groups is 1. The number of carboxylic acid groups (broad SMARTS) is 1. The van der Waals surface area contributed by atoms with Crippen LogP contribution in [0.25, 0.3) is 11.1 Å². The number of halogens is 4. The zero-order valence-corrected chi connectivity index (χ0v) is 16.0. The van der Waals surface area contributed by atoms with Gasteiger partial charge in [-0.3, -0.25) is 0 Å². The van der Waals surface area contributed by atoms with Gasteiger partial charge in [-0.15, -0.1) is 13.2 Å². The Labute approximate surface area is 173 Å². The van der Waals surface area contributed by atoms with Crippen molar-refractivity contribution in [3.8, 4) is 34.3 Å². The number of nitrogens with zero attached hydrogens (tertiary/aromatic N) is 1. The summed E-state index contributed by atoms with van der Waals surface area (Å²) in [6.07, 6.45) is -3.40. The Morgan fingerprint density at radius 3 is 2.43 bits per heavy atom. The molecule has 0 unspecified atom stereocenters. The highest BCUT2D eigenvalue weighted by Crippen LogP contribution is 2.40. The van der Waals surface area contributed by atoms with Crippen LogP contribution in [0.1, 0.15) is 10.4 Å². The van der Waals surface area contributed by atoms with Crippen molar-refractivity contribution in [2.75, 3.05) is 7.11 Å². The third-order valence-electron chi connectivity index (χ3n) is 3.83. The standard InChI is InChI=1S/C20H13ClF3NO5/c1-28-18-13(3-2-8-25-18)14-9-11(19(26)27)4-6-16(14)29-12-5-7-17(15(21)10-12)30-20(22,23)24/h2-10H,1H3,(H,26,27)/p-1. The van der Waals surface area contributed by atoms with Crippen LogP contribution < -0.4 is 19.3 Å². The molecule has 0 aliphatic carbocycles. The van der Waals surface area contributed by atoms with E-state index in [0.29, 0.717) is 11.1 Å². The molecule has 1 heterocycles. The highest BCUT2D eigenvalue weighted by atomic mass is 35.5. The van der Waals surface area contributed by atoms with Crippen LogP contribution in [0, 0.1) is 0 Å². The minimum atomic E-state index is -4.89. The molecular formula is C20H12ClF3NO5-. The highest BCUT2D eigenvalue weighted by Gasteiger charge is 2.32. The number of rotatable bonds is 6. The molecule has 0 fully saturated rings. The molecule has 0 bridgehead atoms. The molecule has 156 valence electrons. The third kappa shape index (κ3) is 4.93. The van der Waals surface area contributed by atoms with E-state index in [1.807, 2.05) is 0 Å². The molecule has 0 saturated heterocycles. The quantitative estimate of drug-likeness (QED) is 0.565. The van der Waals surface area contributed by atoms with Crippen LogP contribution in [0.15, 0.2) is 54.7 Å². The Morgan fingerprint density at radius 1 is 1.07 bits per heavy atom. The van der Waals surface area contributed by atoms with Crippen molar-refractivity contribution in [1.29, 1.82) is 0 Å². The van der Waals surface area contributed by atoms with Crippen LogP contribution >= 0.6 is 11.6 Å². The number of hydrogen-bond donors (Lipinski definition) is 0. The van der Waals surface area contributed by atoms with E-state index in [9.17, 15) is 23.1 Å². The van der Waals surface area contributed by atoms with Gasteiger partial charge in [0.05, 0.1) is 18.1 Å². The maximum atomic E-state index is 12.4. The first-order valence-electron chi connectivity index (χ1n) is 8.26. The zero-order chi connectivity index (χ0) is 21.9. The number of pyridine rings is 1. The van der Waals surface area contributed by atoms with Crippen LogP contribution in [0.5, 0.6) is 23.1 Å². The van der Waals surface area contributed by atoms with Crippen molar-refractivity contribution in [1.82, 2.24) is 4.98 Å². The Balaban J connectivity index is 2.02. The number of carboxylic acids is 1. The highest BCUT2D eigenvalue weighted by molar-refractivity contribution is 6.32. The average Bonchev–Trinajstić information content (AvgIpc) is 2.69.